The molecule has 0 aromatic heterocycles. The van der Waals surface area contributed by atoms with Gasteiger partial charge in [-0.2, -0.15) is 5.26 Å². The highest BCUT2D eigenvalue weighted by Gasteiger charge is 2.38. The zero-order chi connectivity index (χ0) is 24.6. The van der Waals surface area contributed by atoms with Crippen molar-refractivity contribution in [1.29, 1.82) is 5.26 Å². The Morgan fingerprint density at radius 3 is 2.50 bits per heavy atom. The number of nitro benzene ring substituents is 1. The minimum atomic E-state index is -0.571. The van der Waals surface area contributed by atoms with Crippen LogP contribution in [0.15, 0.2) is 12.1 Å². The Morgan fingerprint density at radius 1 is 1.38 bits per heavy atom. The van der Waals surface area contributed by atoms with E-state index in [0.29, 0.717) is 25.1 Å². The zero-order valence-corrected chi connectivity index (χ0v) is 20.6. The number of hydrogen-bond acceptors (Lipinski definition) is 6. The lowest BCUT2D eigenvalue weighted by molar-refractivity contribution is -0.385. The number of carbonyl (C=O) groups excluding carboxylic acids is 1. The van der Waals surface area contributed by atoms with E-state index >= 15 is 0 Å². The van der Waals surface area contributed by atoms with Gasteiger partial charge in [-0.1, -0.05) is 34.1 Å². The molecule has 8 nitrogen and oxygen atoms in total. The summed E-state index contributed by atoms with van der Waals surface area (Å²) in [6, 6.07) is 4.87. The summed E-state index contributed by atoms with van der Waals surface area (Å²) in [6.07, 6.45) is 0.845. The highest BCUT2D eigenvalue weighted by atomic mass is 16.6. The Morgan fingerprint density at radius 2 is 2.00 bits per heavy atom. The maximum absolute atomic E-state index is 12.6. The van der Waals surface area contributed by atoms with E-state index in [4.69, 9.17) is 9.47 Å². The fourth-order valence-corrected chi connectivity index (χ4v) is 3.69. The quantitative estimate of drug-likeness (QED) is 0.414. The van der Waals surface area contributed by atoms with Crippen LogP contribution in [0.5, 0.6) is 5.75 Å². The van der Waals surface area contributed by atoms with Crippen LogP contribution in [0.3, 0.4) is 0 Å². The number of nitro groups is 1. The highest BCUT2D eigenvalue weighted by molar-refractivity contribution is 5.68. The summed E-state index contributed by atoms with van der Waals surface area (Å²) in [5.74, 6) is 0.530. The number of nitrogens with zero attached hydrogens (tertiary/aromatic N) is 3. The van der Waals surface area contributed by atoms with E-state index in [1.54, 1.807) is 17.9 Å². The average molecular weight is 448 g/mol. The van der Waals surface area contributed by atoms with Gasteiger partial charge in [0.05, 0.1) is 4.92 Å². The predicted molar refractivity (Wildman–Crippen MR) is 124 cm³/mol. The fraction of sp³-hybridized carbons (Fsp3) is 0.667. The second kappa shape index (κ2) is 11.7. The smallest absolute Gasteiger partial charge is 0.410 e. The monoisotopic (exact) mass is 447 g/mol. The number of benzene rings is 1. The van der Waals surface area contributed by atoms with Gasteiger partial charge in [0.2, 0.25) is 0 Å². The van der Waals surface area contributed by atoms with Crippen LogP contribution in [0.25, 0.3) is 0 Å². The van der Waals surface area contributed by atoms with Crippen molar-refractivity contribution in [2.45, 2.75) is 79.9 Å². The van der Waals surface area contributed by atoms with Crippen molar-refractivity contribution in [2.24, 2.45) is 11.8 Å². The molecular formula is C24H37N3O5. The van der Waals surface area contributed by atoms with E-state index in [1.165, 1.54) is 6.07 Å². The largest absolute Gasteiger partial charge is 0.488 e. The summed E-state index contributed by atoms with van der Waals surface area (Å²) in [5.41, 5.74) is -0.213. The molecule has 2 rings (SSSR count). The molecule has 0 aliphatic carbocycles. The first-order chi connectivity index (χ1) is 15.0. The van der Waals surface area contributed by atoms with Gasteiger partial charge < -0.3 is 14.4 Å². The number of likely N-dealkylation sites (tertiary alicyclic amines) is 1. The number of ether oxygens (including phenoxy) is 2. The number of aryl methyl sites for hydroxylation is 1. The first kappa shape index (κ1) is 27.2. The van der Waals surface area contributed by atoms with Gasteiger partial charge in [-0.3, -0.25) is 10.1 Å². The summed E-state index contributed by atoms with van der Waals surface area (Å²) < 4.78 is 11.8. The van der Waals surface area contributed by atoms with E-state index in [9.17, 15) is 20.2 Å². The summed E-state index contributed by atoms with van der Waals surface area (Å²) in [6.45, 7) is 16.4. The SMILES string of the molecule is CC.CCC(C)C1CN(C(=O)OC(C)(C)C)CCC1Oc1c(C)ccc([N+](=O)[O-])c1C#N. The van der Waals surface area contributed by atoms with Crippen molar-refractivity contribution < 1.29 is 19.2 Å². The number of carbonyl (C=O) groups is 1. The molecule has 0 N–H and O–H groups in total. The molecule has 1 amide bonds. The molecule has 1 fully saturated rings. The molecule has 1 heterocycles. The normalized spacial score (nSPS) is 19.2. The third-order valence-electron chi connectivity index (χ3n) is 5.53. The van der Waals surface area contributed by atoms with Crippen molar-refractivity contribution in [3.05, 3.63) is 33.4 Å². The Balaban J connectivity index is 0.00000249. The molecule has 0 spiro atoms. The number of hydrogen-bond donors (Lipinski definition) is 0. The Hall–Kier alpha value is -2.82. The third kappa shape index (κ3) is 6.84. The molecule has 3 unspecified atom stereocenters. The first-order valence-corrected chi connectivity index (χ1v) is 11.3. The van der Waals surface area contributed by atoms with Crippen molar-refractivity contribution in [3.63, 3.8) is 0 Å². The molecular weight excluding hydrogens is 410 g/mol. The Labute approximate surface area is 191 Å². The lowest BCUT2D eigenvalue weighted by Crippen LogP contribution is -2.51. The van der Waals surface area contributed by atoms with E-state index in [1.807, 2.05) is 40.7 Å². The highest BCUT2D eigenvalue weighted by Crippen LogP contribution is 2.36. The van der Waals surface area contributed by atoms with Gasteiger partial charge in [-0.15, -0.1) is 0 Å². The molecule has 178 valence electrons. The van der Waals surface area contributed by atoms with Crippen LogP contribution < -0.4 is 4.74 Å². The second-order valence-electron chi connectivity index (χ2n) is 8.90. The standard InChI is InChI=1S/C22H31N3O5.C2H6/c1-7-14(2)17-13-24(21(26)30-22(4,5)6)11-10-19(17)29-20-15(3)8-9-18(25(27)28)16(20)12-23;1-2/h8-9,14,17,19H,7,10-11,13H2,1-6H3;1-2H3. The summed E-state index contributed by atoms with van der Waals surface area (Å²) in [7, 11) is 0. The van der Waals surface area contributed by atoms with Gasteiger partial charge in [-0.25, -0.2) is 4.79 Å². The number of rotatable bonds is 5. The minimum Gasteiger partial charge on any atom is -0.488 e. The second-order valence-corrected chi connectivity index (χ2v) is 8.90. The van der Waals surface area contributed by atoms with Crippen LogP contribution in [0.4, 0.5) is 10.5 Å². The third-order valence-corrected chi connectivity index (χ3v) is 5.53. The van der Waals surface area contributed by atoms with Crippen LogP contribution in [-0.4, -0.2) is 40.7 Å². The molecule has 1 aromatic carbocycles. The van der Waals surface area contributed by atoms with Crippen molar-refractivity contribution in [3.8, 4) is 11.8 Å². The van der Waals surface area contributed by atoms with Crippen LogP contribution in [-0.2, 0) is 4.74 Å². The maximum Gasteiger partial charge on any atom is 0.410 e. The summed E-state index contributed by atoms with van der Waals surface area (Å²) in [4.78, 5) is 25.0. The average Bonchev–Trinajstić information content (AvgIpc) is 2.74. The van der Waals surface area contributed by atoms with E-state index < -0.39 is 10.5 Å². The minimum absolute atomic E-state index is 0.0153. The lowest BCUT2D eigenvalue weighted by atomic mass is 9.82. The number of piperidine rings is 1. The van der Waals surface area contributed by atoms with Gasteiger partial charge in [-0.05, 0) is 45.2 Å². The van der Waals surface area contributed by atoms with Crippen molar-refractivity contribution in [2.75, 3.05) is 13.1 Å². The van der Waals surface area contributed by atoms with Crippen LogP contribution >= 0.6 is 0 Å². The van der Waals surface area contributed by atoms with Crippen LogP contribution in [0.2, 0.25) is 0 Å². The number of nitriles is 1. The van der Waals surface area contributed by atoms with Gasteiger partial charge in [0.25, 0.3) is 5.69 Å². The Bertz CT molecular complexity index is 841. The molecule has 1 aliphatic rings. The van der Waals surface area contributed by atoms with Crippen LogP contribution in [0, 0.1) is 40.2 Å². The Kier molecular flexibility index (Phi) is 9.95. The van der Waals surface area contributed by atoms with Crippen LogP contribution in [0.1, 0.15) is 72.4 Å². The molecule has 1 aromatic rings. The van der Waals surface area contributed by atoms with Gasteiger partial charge in [0.1, 0.15) is 23.5 Å². The topological polar surface area (TPSA) is 106 Å². The summed E-state index contributed by atoms with van der Waals surface area (Å²) in [5, 5.41) is 20.9. The maximum atomic E-state index is 12.6. The van der Waals surface area contributed by atoms with Gasteiger partial charge >= 0.3 is 6.09 Å². The molecule has 1 saturated heterocycles. The number of amides is 1. The first-order valence-electron chi connectivity index (χ1n) is 11.3. The fourth-order valence-electron chi connectivity index (χ4n) is 3.69. The molecule has 8 heteroatoms. The van der Waals surface area contributed by atoms with E-state index in [0.717, 1.165) is 6.42 Å². The predicted octanol–water partition coefficient (Wildman–Crippen LogP) is 5.85. The summed E-state index contributed by atoms with van der Waals surface area (Å²) >= 11 is 0. The molecule has 1 aliphatic heterocycles. The molecule has 0 saturated carbocycles. The van der Waals surface area contributed by atoms with Crippen molar-refractivity contribution >= 4 is 11.8 Å². The van der Waals surface area contributed by atoms with E-state index in [-0.39, 0.29) is 41.0 Å². The van der Waals surface area contributed by atoms with E-state index in [2.05, 4.69) is 13.8 Å². The van der Waals surface area contributed by atoms with Gasteiger partial charge in [0.15, 0.2) is 5.56 Å². The lowest BCUT2D eigenvalue weighted by Gasteiger charge is -2.41. The molecule has 32 heavy (non-hydrogen) atoms. The molecule has 0 bridgehead atoms. The van der Waals surface area contributed by atoms with Gasteiger partial charge in [0, 0.05) is 31.5 Å². The zero-order valence-electron chi connectivity index (χ0n) is 20.6. The molecule has 3 atom stereocenters. The van der Waals surface area contributed by atoms with Crippen molar-refractivity contribution in [1.82, 2.24) is 4.90 Å². The molecule has 0 radical (unpaired) electrons.